The summed E-state index contributed by atoms with van der Waals surface area (Å²) in [5.41, 5.74) is 2.58. The second-order valence-corrected chi connectivity index (χ2v) is 3.82. The molecule has 0 saturated heterocycles. The fourth-order valence-corrected chi connectivity index (χ4v) is 2.17. The highest BCUT2D eigenvalue weighted by atomic mass is 15.2. The molecule has 0 unspecified atom stereocenters. The van der Waals surface area contributed by atoms with Crippen molar-refractivity contribution in [1.29, 1.82) is 0 Å². The quantitative estimate of drug-likeness (QED) is 0.822. The molecule has 84 valence electrons. The van der Waals surface area contributed by atoms with Gasteiger partial charge in [0.1, 0.15) is 5.82 Å². The van der Waals surface area contributed by atoms with Crippen LogP contribution in [0.2, 0.25) is 0 Å². The van der Waals surface area contributed by atoms with E-state index in [0.29, 0.717) is 0 Å². The van der Waals surface area contributed by atoms with Crippen molar-refractivity contribution in [2.75, 3.05) is 11.4 Å². The van der Waals surface area contributed by atoms with Crippen LogP contribution in [-0.2, 0) is 6.42 Å². The van der Waals surface area contributed by atoms with Gasteiger partial charge in [-0.3, -0.25) is 0 Å². The van der Waals surface area contributed by atoms with E-state index in [1.807, 2.05) is 6.20 Å². The van der Waals surface area contributed by atoms with E-state index in [-0.39, 0.29) is 0 Å². The standard InChI is InChI=1S/C14H18N2/c1-4-11-12-9-7-8-10-13(12)15-14(11)16(5-2)6-3/h5,7-10,15H,2,4,6H2,1,3H3. The molecule has 0 atom stereocenters. The molecule has 2 nitrogen and oxygen atoms in total. The number of hydrogen-bond acceptors (Lipinski definition) is 1. The SMILES string of the molecule is C=CN(CC)c1[nH]c2ccccc2c1CC. The number of rotatable bonds is 4. The Morgan fingerprint density at radius 2 is 2.06 bits per heavy atom. The van der Waals surface area contributed by atoms with E-state index in [1.165, 1.54) is 22.3 Å². The summed E-state index contributed by atoms with van der Waals surface area (Å²) in [5, 5.41) is 1.32. The molecule has 1 heterocycles. The zero-order valence-corrected chi connectivity index (χ0v) is 9.96. The molecule has 2 rings (SSSR count). The molecular formula is C14H18N2. The van der Waals surface area contributed by atoms with Crippen LogP contribution in [0.1, 0.15) is 19.4 Å². The van der Waals surface area contributed by atoms with Gasteiger partial charge in [0.2, 0.25) is 0 Å². The Hall–Kier alpha value is -1.70. The predicted molar refractivity (Wildman–Crippen MR) is 70.9 cm³/mol. The minimum atomic E-state index is 0.934. The molecule has 0 aliphatic carbocycles. The zero-order valence-electron chi connectivity index (χ0n) is 9.96. The van der Waals surface area contributed by atoms with Crippen LogP contribution in [-0.4, -0.2) is 11.5 Å². The fraction of sp³-hybridized carbons (Fsp3) is 0.286. The van der Waals surface area contributed by atoms with E-state index in [9.17, 15) is 0 Å². The summed E-state index contributed by atoms with van der Waals surface area (Å²) in [6.07, 6.45) is 2.91. The van der Waals surface area contributed by atoms with E-state index in [1.54, 1.807) is 0 Å². The maximum Gasteiger partial charge on any atom is 0.114 e. The van der Waals surface area contributed by atoms with Gasteiger partial charge < -0.3 is 9.88 Å². The van der Waals surface area contributed by atoms with Gasteiger partial charge in [-0.2, -0.15) is 0 Å². The number of nitrogens with one attached hydrogen (secondary N) is 1. The molecule has 0 amide bonds. The topological polar surface area (TPSA) is 19.0 Å². The molecule has 0 bridgehead atoms. The summed E-state index contributed by atoms with van der Waals surface area (Å²) in [7, 11) is 0. The summed E-state index contributed by atoms with van der Waals surface area (Å²) in [6.45, 7) is 9.12. The minimum absolute atomic E-state index is 0.934. The summed E-state index contributed by atoms with van der Waals surface area (Å²) >= 11 is 0. The van der Waals surface area contributed by atoms with E-state index >= 15 is 0 Å². The molecule has 0 saturated carbocycles. The first-order valence-electron chi connectivity index (χ1n) is 5.80. The smallest absolute Gasteiger partial charge is 0.114 e. The molecule has 1 aromatic heterocycles. The number of nitrogens with zero attached hydrogens (tertiary/aromatic N) is 1. The second-order valence-electron chi connectivity index (χ2n) is 3.82. The largest absolute Gasteiger partial charge is 0.341 e. The molecule has 0 radical (unpaired) electrons. The third kappa shape index (κ3) is 1.60. The number of H-pyrrole nitrogens is 1. The van der Waals surface area contributed by atoms with Crippen LogP contribution in [0.4, 0.5) is 5.82 Å². The van der Waals surface area contributed by atoms with Gasteiger partial charge in [0.25, 0.3) is 0 Å². The van der Waals surface area contributed by atoms with Gasteiger partial charge in [-0.05, 0) is 25.6 Å². The van der Waals surface area contributed by atoms with Gasteiger partial charge >= 0.3 is 0 Å². The number of para-hydroxylation sites is 1. The highest BCUT2D eigenvalue weighted by Gasteiger charge is 2.12. The number of aryl methyl sites for hydroxylation is 1. The Balaban J connectivity index is 2.64. The molecule has 1 N–H and O–H groups in total. The van der Waals surface area contributed by atoms with Crippen molar-refractivity contribution in [3.63, 3.8) is 0 Å². The van der Waals surface area contributed by atoms with Crippen LogP contribution in [0.5, 0.6) is 0 Å². The van der Waals surface area contributed by atoms with Gasteiger partial charge in [-0.1, -0.05) is 31.7 Å². The van der Waals surface area contributed by atoms with Crippen molar-refractivity contribution in [3.05, 3.63) is 42.6 Å². The fourth-order valence-electron chi connectivity index (χ4n) is 2.17. The Morgan fingerprint density at radius 1 is 1.31 bits per heavy atom. The van der Waals surface area contributed by atoms with Crippen molar-refractivity contribution in [2.24, 2.45) is 0 Å². The molecule has 0 spiro atoms. The molecule has 2 aromatic rings. The van der Waals surface area contributed by atoms with Crippen molar-refractivity contribution in [1.82, 2.24) is 4.98 Å². The summed E-state index contributed by atoms with van der Waals surface area (Å²) in [6, 6.07) is 8.44. The first-order valence-corrected chi connectivity index (χ1v) is 5.80. The third-order valence-corrected chi connectivity index (χ3v) is 2.99. The number of hydrogen-bond donors (Lipinski definition) is 1. The average Bonchev–Trinajstić information content (AvgIpc) is 2.69. The number of aromatic amines is 1. The summed E-state index contributed by atoms with van der Waals surface area (Å²) in [5.74, 6) is 1.18. The van der Waals surface area contributed by atoms with Crippen LogP contribution < -0.4 is 4.90 Å². The van der Waals surface area contributed by atoms with E-state index in [4.69, 9.17) is 0 Å². The van der Waals surface area contributed by atoms with Crippen molar-refractivity contribution >= 4 is 16.7 Å². The number of anilines is 1. The number of benzene rings is 1. The lowest BCUT2D eigenvalue weighted by Gasteiger charge is -2.17. The maximum absolute atomic E-state index is 3.86. The summed E-state index contributed by atoms with van der Waals surface area (Å²) in [4.78, 5) is 5.62. The Morgan fingerprint density at radius 3 is 2.69 bits per heavy atom. The van der Waals surface area contributed by atoms with Crippen LogP contribution in [0.15, 0.2) is 37.0 Å². The van der Waals surface area contributed by atoms with Gasteiger partial charge in [-0.15, -0.1) is 0 Å². The van der Waals surface area contributed by atoms with Crippen LogP contribution in [0, 0.1) is 0 Å². The van der Waals surface area contributed by atoms with E-state index < -0.39 is 0 Å². The van der Waals surface area contributed by atoms with Gasteiger partial charge in [0, 0.05) is 23.0 Å². The lowest BCUT2D eigenvalue weighted by Crippen LogP contribution is -2.15. The predicted octanol–water partition coefficient (Wildman–Crippen LogP) is 3.70. The molecule has 2 heteroatoms. The number of aromatic nitrogens is 1. The monoisotopic (exact) mass is 214 g/mol. The third-order valence-electron chi connectivity index (χ3n) is 2.99. The average molecular weight is 214 g/mol. The molecule has 1 aromatic carbocycles. The Kier molecular flexibility index (Phi) is 3.00. The van der Waals surface area contributed by atoms with Gasteiger partial charge in [0.15, 0.2) is 0 Å². The van der Waals surface area contributed by atoms with Gasteiger partial charge in [-0.25, -0.2) is 0 Å². The highest BCUT2D eigenvalue weighted by Crippen LogP contribution is 2.29. The van der Waals surface area contributed by atoms with Crippen LogP contribution in [0.25, 0.3) is 10.9 Å². The van der Waals surface area contributed by atoms with Crippen LogP contribution in [0.3, 0.4) is 0 Å². The maximum atomic E-state index is 3.86. The zero-order chi connectivity index (χ0) is 11.5. The first-order chi connectivity index (χ1) is 7.81. The second kappa shape index (κ2) is 4.44. The molecule has 0 fully saturated rings. The van der Waals surface area contributed by atoms with Crippen molar-refractivity contribution in [2.45, 2.75) is 20.3 Å². The Bertz CT molecular complexity index is 496. The highest BCUT2D eigenvalue weighted by molar-refractivity contribution is 5.89. The lowest BCUT2D eigenvalue weighted by molar-refractivity contribution is 0.976. The Labute approximate surface area is 96.6 Å². The van der Waals surface area contributed by atoms with Crippen molar-refractivity contribution in [3.8, 4) is 0 Å². The molecule has 0 aliphatic rings. The minimum Gasteiger partial charge on any atom is -0.341 e. The van der Waals surface area contributed by atoms with E-state index in [2.05, 4.69) is 54.6 Å². The summed E-state index contributed by atoms with van der Waals surface area (Å²) < 4.78 is 0. The number of fused-ring (bicyclic) bond motifs is 1. The molecular weight excluding hydrogens is 196 g/mol. The van der Waals surface area contributed by atoms with Crippen LogP contribution >= 0.6 is 0 Å². The molecule has 16 heavy (non-hydrogen) atoms. The molecule has 0 aliphatic heterocycles. The normalized spacial score (nSPS) is 10.6. The first kappa shape index (κ1) is 10.8. The van der Waals surface area contributed by atoms with Gasteiger partial charge in [0.05, 0.1) is 0 Å². The van der Waals surface area contributed by atoms with Crippen molar-refractivity contribution < 1.29 is 0 Å². The lowest BCUT2D eigenvalue weighted by atomic mass is 10.1. The van der Waals surface area contributed by atoms with E-state index in [0.717, 1.165) is 13.0 Å².